The first-order chi connectivity index (χ1) is 29.4. The Morgan fingerprint density at radius 1 is 1.08 bits per heavy atom. The Balaban J connectivity index is 1.17. The third-order valence-electron chi connectivity index (χ3n) is 12.3. The van der Waals surface area contributed by atoms with E-state index in [0.29, 0.717) is 29.9 Å². The van der Waals surface area contributed by atoms with Gasteiger partial charge in [-0.1, -0.05) is 24.1 Å². The summed E-state index contributed by atoms with van der Waals surface area (Å²) in [6, 6.07) is 5.61. The van der Waals surface area contributed by atoms with E-state index in [0.717, 1.165) is 38.8 Å². The number of carbonyl (C=O) groups excluding carboxylic acids is 1. The van der Waals surface area contributed by atoms with Crippen molar-refractivity contribution in [3.8, 4) is 41.2 Å². The number of piperazine rings is 1. The molecule has 0 saturated carbocycles. The fourth-order valence-electron chi connectivity index (χ4n) is 9.58. The largest absolute Gasteiger partial charge is 0.475 e. The zero-order chi connectivity index (χ0) is 42.6. The van der Waals surface area contributed by atoms with Gasteiger partial charge < -0.3 is 33.5 Å². The molecule has 61 heavy (non-hydrogen) atoms. The number of hydrogen-bond acceptors (Lipinski definition) is 13. The fourth-order valence-corrected chi connectivity index (χ4v) is 9.58. The van der Waals surface area contributed by atoms with Crippen molar-refractivity contribution >= 4 is 33.6 Å². The molecule has 3 saturated heterocycles. The van der Waals surface area contributed by atoms with Crippen molar-refractivity contribution in [2.24, 2.45) is 0 Å². The van der Waals surface area contributed by atoms with Crippen molar-refractivity contribution in [2.45, 2.75) is 95.6 Å². The monoisotopic (exact) mass is 837 g/mol. The summed E-state index contributed by atoms with van der Waals surface area (Å²) in [4.78, 5) is 34.5. The Morgan fingerprint density at radius 3 is 2.69 bits per heavy atom. The predicted molar refractivity (Wildman–Crippen MR) is 221 cm³/mol. The van der Waals surface area contributed by atoms with Crippen LogP contribution in [0.25, 0.3) is 32.9 Å². The predicted octanol–water partition coefficient (Wildman–Crippen LogP) is 6.35. The van der Waals surface area contributed by atoms with Crippen LogP contribution < -0.4 is 19.1 Å². The van der Waals surface area contributed by atoms with E-state index in [-0.39, 0.29) is 89.2 Å². The number of benzene rings is 2. The molecule has 15 nitrogen and oxygen atoms in total. The highest BCUT2D eigenvalue weighted by Crippen LogP contribution is 2.46. The Bertz CT molecular complexity index is 2530. The fraction of sp³-hybridized carbons (Fsp3) is 0.500. The number of carbonyl (C=O) groups is 1. The maximum atomic E-state index is 17.7. The Kier molecular flexibility index (Phi) is 10.5. The number of fused-ring (bicyclic) bond motifs is 4. The molecule has 3 aromatic heterocycles. The number of rotatable bonds is 10. The second-order valence-corrected chi connectivity index (χ2v) is 17.3. The minimum absolute atomic E-state index is 0.00823. The highest BCUT2D eigenvalue weighted by atomic mass is 19.1. The smallest absolute Gasteiger partial charge is 0.410 e. The molecule has 7 heterocycles. The zero-order valence-corrected chi connectivity index (χ0v) is 35.0. The first-order valence-electron chi connectivity index (χ1n) is 20.8. The summed E-state index contributed by atoms with van der Waals surface area (Å²) in [5.74, 6) is 1.78. The van der Waals surface area contributed by atoms with Gasteiger partial charge in [-0.05, 0) is 83.0 Å². The lowest BCUT2D eigenvalue weighted by molar-refractivity contribution is 0.00832. The number of terminal acetylenes is 1. The summed E-state index contributed by atoms with van der Waals surface area (Å²) in [6.07, 6.45) is 13.4. The third-order valence-corrected chi connectivity index (χ3v) is 12.3. The average Bonchev–Trinajstić information content (AvgIpc) is 3.97. The lowest BCUT2D eigenvalue weighted by Crippen LogP contribution is -2.62. The van der Waals surface area contributed by atoms with E-state index in [1.54, 1.807) is 29.3 Å². The topological polar surface area (TPSA) is 142 Å². The number of hydrogen-bond donors (Lipinski definition) is 0. The lowest BCUT2D eigenvalue weighted by Gasteiger charge is -2.45. The quantitative estimate of drug-likeness (QED) is 0.114. The van der Waals surface area contributed by atoms with E-state index >= 15 is 8.78 Å². The highest BCUT2D eigenvalue weighted by Gasteiger charge is 2.50. The van der Waals surface area contributed by atoms with Crippen molar-refractivity contribution in [3.63, 3.8) is 0 Å². The summed E-state index contributed by atoms with van der Waals surface area (Å²) in [5, 5.41) is 9.21. The molecule has 0 N–H and O–H groups in total. The minimum atomic E-state index is -0.805. The Morgan fingerprint density at radius 2 is 1.93 bits per heavy atom. The van der Waals surface area contributed by atoms with Gasteiger partial charge in [0, 0.05) is 43.4 Å². The van der Waals surface area contributed by atoms with Crippen LogP contribution in [0.4, 0.5) is 19.4 Å². The standard InChI is InChI=1S/C44H49F2N9O6/c1-7-27-21-53-29(22-54(27)42(56)61-43(3,4)5)23-58-40-35-38(36(46)37(48-40)32-19-30(60-25-57-6)18-26-10-11-33(45)31(8-2)34(26)32)49-41(50-39(35)53)59-24-44-13-9-16-55(44)28(12-14-44)20-52-17-15-47-51-52/h2,10-11,15,17-19,27-29H,7,9,12-14,16,20-25H2,1,3-6H3/t27-,28+,29+,44+/m1/s1. The molecule has 0 bridgehead atoms. The second kappa shape index (κ2) is 15.9. The third kappa shape index (κ3) is 7.39. The second-order valence-electron chi connectivity index (χ2n) is 17.3. The molecule has 4 atom stereocenters. The molecule has 320 valence electrons. The Hall–Kier alpha value is -5.86. The minimum Gasteiger partial charge on any atom is -0.475 e. The molecule has 0 unspecified atom stereocenters. The van der Waals surface area contributed by atoms with Crippen molar-refractivity contribution in [1.29, 1.82) is 0 Å². The number of halogens is 2. The van der Waals surface area contributed by atoms with Gasteiger partial charge in [-0.2, -0.15) is 9.97 Å². The van der Waals surface area contributed by atoms with Gasteiger partial charge in [0.05, 0.1) is 35.9 Å². The van der Waals surface area contributed by atoms with Gasteiger partial charge in [-0.3, -0.25) is 9.58 Å². The summed E-state index contributed by atoms with van der Waals surface area (Å²) in [6.45, 7) is 10.0. The molecule has 17 heteroatoms. The number of pyridine rings is 1. The van der Waals surface area contributed by atoms with Crippen LogP contribution in [0.5, 0.6) is 17.6 Å². The summed E-state index contributed by atoms with van der Waals surface area (Å²) in [7, 11) is 1.48. The van der Waals surface area contributed by atoms with E-state index in [9.17, 15) is 4.79 Å². The first-order valence-corrected chi connectivity index (χ1v) is 20.8. The SMILES string of the molecule is C#Cc1c(F)ccc2cc(OCOC)cc(-c3nc4c5c(nc(OC[C@@]67CCCN6[C@H](Cn6ccnn6)CC7)nc5c3F)N3C[C@@H](CC)N(C(=O)OC(C)(C)C)C[C@H]3CO4)c12. The van der Waals surface area contributed by atoms with Crippen molar-refractivity contribution in [3.05, 3.63) is 53.9 Å². The van der Waals surface area contributed by atoms with Gasteiger partial charge in [0.25, 0.3) is 0 Å². The van der Waals surface area contributed by atoms with Crippen molar-refractivity contribution < 1.29 is 37.3 Å². The molecule has 0 aliphatic carbocycles. The number of anilines is 1. The van der Waals surface area contributed by atoms with E-state index in [1.807, 2.05) is 43.5 Å². The molecule has 0 spiro atoms. The molecule has 5 aromatic rings. The number of methoxy groups -OCH3 is 1. The van der Waals surface area contributed by atoms with Gasteiger partial charge in [-0.15, -0.1) is 11.5 Å². The maximum Gasteiger partial charge on any atom is 0.410 e. The molecule has 2 aromatic carbocycles. The molecule has 1 amide bonds. The summed E-state index contributed by atoms with van der Waals surface area (Å²) < 4.78 is 64.9. The van der Waals surface area contributed by atoms with E-state index in [1.165, 1.54) is 13.2 Å². The number of nitrogens with zero attached hydrogens (tertiary/aromatic N) is 9. The number of ether oxygens (including phenoxy) is 5. The van der Waals surface area contributed by atoms with Gasteiger partial charge in [0.2, 0.25) is 5.88 Å². The van der Waals surface area contributed by atoms with Gasteiger partial charge >= 0.3 is 12.1 Å². The average molecular weight is 838 g/mol. The zero-order valence-electron chi connectivity index (χ0n) is 35.0. The van der Waals surface area contributed by atoms with Crippen LogP contribution in [-0.4, -0.2) is 122 Å². The summed E-state index contributed by atoms with van der Waals surface area (Å²) >= 11 is 0. The van der Waals surface area contributed by atoms with Crippen LogP contribution in [0.2, 0.25) is 0 Å². The molecule has 0 radical (unpaired) electrons. The molecule has 4 aliphatic heterocycles. The van der Waals surface area contributed by atoms with Crippen LogP contribution in [0.3, 0.4) is 0 Å². The van der Waals surface area contributed by atoms with Crippen LogP contribution >= 0.6 is 0 Å². The molecule has 3 fully saturated rings. The lowest BCUT2D eigenvalue weighted by atomic mass is 9.95. The van der Waals surface area contributed by atoms with Gasteiger partial charge in [-0.25, -0.2) is 18.6 Å². The normalized spacial score (nSPS) is 22.4. The van der Waals surface area contributed by atoms with E-state index < -0.39 is 29.4 Å². The van der Waals surface area contributed by atoms with E-state index in [4.69, 9.17) is 45.1 Å². The van der Waals surface area contributed by atoms with E-state index in [2.05, 4.69) is 21.1 Å². The molecule has 4 aliphatic rings. The molecule has 9 rings (SSSR count). The maximum absolute atomic E-state index is 17.7. The number of amides is 1. The van der Waals surface area contributed by atoms with Crippen molar-refractivity contribution in [2.75, 3.05) is 51.7 Å². The van der Waals surface area contributed by atoms with Crippen LogP contribution in [0.15, 0.2) is 36.7 Å². The van der Waals surface area contributed by atoms with Crippen molar-refractivity contribution in [1.82, 2.24) is 39.7 Å². The molecular weight excluding hydrogens is 789 g/mol. The highest BCUT2D eigenvalue weighted by molar-refractivity contribution is 6.04. The van der Waals surface area contributed by atoms with Crippen LogP contribution in [-0.2, 0) is 16.0 Å². The summed E-state index contributed by atoms with van der Waals surface area (Å²) in [5.41, 5.74) is -1.12. The molecular formula is C44H49F2N9O6. The number of aromatic nitrogens is 6. The van der Waals surface area contributed by atoms with Gasteiger partial charge in [0.1, 0.15) is 52.8 Å². The van der Waals surface area contributed by atoms with Crippen LogP contribution in [0, 0.1) is 24.0 Å². The van der Waals surface area contributed by atoms with Gasteiger partial charge in [0.15, 0.2) is 12.6 Å². The van der Waals surface area contributed by atoms with Crippen LogP contribution in [0.1, 0.15) is 65.4 Å². The first kappa shape index (κ1) is 40.5. The Labute approximate surface area is 352 Å².